The van der Waals surface area contributed by atoms with Crippen LogP contribution in [-0.4, -0.2) is 24.5 Å². The van der Waals surface area contributed by atoms with Gasteiger partial charge in [-0.05, 0) is 45.8 Å². The molecule has 2 nitrogen and oxygen atoms in total. The molecule has 2 unspecified atom stereocenters. The number of hydrogen-bond acceptors (Lipinski definition) is 2. The largest absolute Gasteiger partial charge is 0.324 e. The van der Waals surface area contributed by atoms with Gasteiger partial charge in [-0.15, -0.1) is 0 Å². The molecule has 0 aliphatic carbocycles. The minimum Gasteiger partial charge on any atom is -0.324 e. The van der Waals surface area contributed by atoms with Gasteiger partial charge in [-0.3, -0.25) is 0 Å². The van der Waals surface area contributed by atoms with Crippen molar-refractivity contribution >= 4 is 0 Å². The van der Waals surface area contributed by atoms with E-state index >= 15 is 0 Å². The normalized spacial score (nSPS) is 14.9. The Labute approximate surface area is 106 Å². The third-order valence-corrected chi connectivity index (χ3v) is 3.64. The standard InChI is InChI=1S/C15H26N2/c1-5-13(3)17(4)11-10-15(16)14-8-6-12(2)7-9-14/h6-9,13,15H,5,10-11,16H2,1-4H3. The molecule has 96 valence electrons. The molecule has 0 aliphatic heterocycles. The van der Waals surface area contributed by atoms with Gasteiger partial charge in [0.1, 0.15) is 0 Å². The topological polar surface area (TPSA) is 29.3 Å². The first kappa shape index (κ1) is 14.2. The van der Waals surface area contributed by atoms with Crippen LogP contribution in [0.25, 0.3) is 0 Å². The predicted octanol–water partition coefficient (Wildman–Crippen LogP) is 3.12. The average Bonchev–Trinajstić information content (AvgIpc) is 2.35. The number of nitrogens with two attached hydrogens (primary N) is 1. The Morgan fingerprint density at radius 3 is 2.35 bits per heavy atom. The fraction of sp³-hybridized carbons (Fsp3) is 0.600. The summed E-state index contributed by atoms with van der Waals surface area (Å²) in [7, 11) is 2.18. The van der Waals surface area contributed by atoms with Crippen LogP contribution in [0.5, 0.6) is 0 Å². The summed E-state index contributed by atoms with van der Waals surface area (Å²) in [6, 6.07) is 9.34. The Hall–Kier alpha value is -0.860. The van der Waals surface area contributed by atoms with E-state index in [2.05, 4.69) is 57.0 Å². The van der Waals surface area contributed by atoms with E-state index in [1.807, 2.05) is 0 Å². The molecular formula is C15H26N2. The fourth-order valence-corrected chi connectivity index (χ4v) is 1.86. The lowest BCUT2D eigenvalue weighted by Gasteiger charge is -2.25. The SMILES string of the molecule is CCC(C)N(C)CCC(N)c1ccc(C)cc1. The van der Waals surface area contributed by atoms with E-state index in [4.69, 9.17) is 5.73 Å². The second-order valence-electron chi connectivity index (χ2n) is 5.04. The lowest BCUT2D eigenvalue weighted by Crippen LogP contribution is -2.31. The van der Waals surface area contributed by atoms with Crippen molar-refractivity contribution in [2.24, 2.45) is 5.73 Å². The van der Waals surface area contributed by atoms with Crippen molar-refractivity contribution < 1.29 is 0 Å². The first-order valence-electron chi connectivity index (χ1n) is 6.57. The number of benzene rings is 1. The van der Waals surface area contributed by atoms with Crippen molar-refractivity contribution in [3.05, 3.63) is 35.4 Å². The highest BCUT2D eigenvalue weighted by molar-refractivity contribution is 5.23. The van der Waals surface area contributed by atoms with Gasteiger partial charge >= 0.3 is 0 Å². The first-order valence-corrected chi connectivity index (χ1v) is 6.57. The summed E-state index contributed by atoms with van der Waals surface area (Å²) in [4.78, 5) is 2.38. The third-order valence-electron chi connectivity index (χ3n) is 3.64. The second kappa shape index (κ2) is 6.77. The average molecular weight is 234 g/mol. The molecule has 1 aromatic carbocycles. The van der Waals surface area contributed by atoms with Gasteiger partial charge < -0.3 is 10.6 Å². The van der Waals surface area contributed by atoms with E-state index in [0.717, 1.165) is 13.0 Å². The monoisotopic (exact) mass is 234 g/mol. The van der Waals surface area contributed by atoms with Crippen LogP contribution in [0, 0.1) is 6.92 Å². The van der Waals surface area contributed by atoms with Gasteiger partial charge in [-0.25, -0.2) is 0 Å². The molecule has 0 amide bonds. The molecule has 1 rings (SSSR count). The van der Waals surface area contributed by atoms with Gasteiger partial charge in [0.05, 0.1) is 0 Å². The number of rotatable bonds is 6. The minimum atomic E-state index is 0.155. The minimum absolute atomic E-state index is 0.155. The zero-order chi connectivity index (χ0) is 12.8. The van der Waals surface area contributed by atoms with Crippen molar-refractivity contribution in [3.63, 3.8) is 0 Å². The highest BCUT2D eigenvalue weighted by Crippen LogP contribution is 2.15. The molecule has 0 saturated heterocycles. The van der Waals surface area contributed by atoms with Crippen LogP contribution in [0.15, 0.2) is 24.3 Å². The highest BCUT2D eigenvalue weighted by atomic mass is 15.1. The van der Waals surface area contributed by atoms with Crippen LogP contribution in [0.1, 0.15) is 43.9 Å². The lowest BCUT2D eigenvalue weighted by atomic mass is 10.0. The molecule has 0 aromatic heterocycles. The highest BCUT2D eigenvalue weighted by Gasteiger charge is 2.10. The summed E-state index contributed by atoms with van der Waals surface area (Å²) in [6.45, 7) is 7.65. The molecule has 0 aliphatic rings. The van der Waals surface area contributed by atoms with Crippen LogP contribution in [0.3, 0.4) is 0 Å². The molecule has 0 bridgehead atoms. The van der Waals surface area contributed by atoms with E-state index in [0.29, 0.717) is 6.04 Å². The maximum absolute atomic E-state index is 6.21. The lowest BCUT2D eigenvalue weighted by molar-refractivity contribution is 0.243. The number of nitrogens with zero attached hydrogens (tertiary/aromatic N) is 1. The number of hydrogen-bond donors (Lipinski definition) is 1. The van der Waals surface area contributed by atoms with Crippen LogP contribution in [0.4, 0.5) is 0 Å². The van der Waals surface area contributed by atoms with Gasteiger partial charge in [0.15, 0.2) is 0 Å². The smallest absolute Gasteiger partial charge is 0.0307 e. The predicted molar refractivity (Wildman–Crippen MR) is 75.1 cm³/mol. The van der Waals surface area contributed by atoms with Crippen LogP contribution < -0.4 is 5.73 Å². The molecule has 17 heavy (non-hydrogen) atoms. The van der Waals surface area contributed by atoms with Gasteiger partial charge in [0, 0.05) is 12.1 Å². The zero-order valence-corrected chi connectivity index (χ0v) is 11.6. The first-order chi connectivity index (χ1) is 8.04. The Morgan fingerprint density at radius 2 is 1.82 bits per heavy atom. The summed E-state index contributed by atoms with van der Waals surface area (Å²) in [5.41, 5.74) is 8.74. The molecular weight excluding hydrogens is 208 g/mol. The molecule has 2 heteroatoms. The van der Waals surface area contributed by atoms with Crippen molar-refractivity contribution in [1.29, 1.82) is 0 Å². The van der Waals surface area contributed by atoms with Crippen molar-refractivity contribution in [3.8, 4) is 0 Å². The number of aryl methyl sites for hydroxylation is 1. The molecule has 0 fully saturated rings. The summed E-state index contributed by atoms with van der Waals surface area (Å²) in [5, 5.41) is 0. The molecule has 0 radical (unpaired) electrons. The summed E-state index contributed by atoms with van der Waals surface area (Å²) >= 11 is 0. The zero-order valence-electron chi connectivity index (χ0n) is 11.6. The Bertz CT molecular complexity index is 318. The molecule has 0 heterocycles. The Balaban J connectivity index is 2.44. The van der Waals surface area contributed by atoms with Gasteiger partial charge in [0.25, 0.3) is 0 Å². The maximum atomic E-state index is 6.21. The van der Waals surface area contributed by atoms with E-state index < -0.39 is 0 Å². The van der Waals surface area contributed by atoms with Crippen molar-refractivity contribution in [1.82, 2.24) is 4.90 Å². The van der Waals surface area contributed by atoms with E-state index in [-0.39, 0.29) is 6.04 Å². The van der Waals surface area contributed by atoms with Gasteiger partial charge in [-0.2, -0.15) is 0 Å². The third kappa shape index (κ3) is 4.49. The Kier molecular flexibility index (Phi) is 5.66. The fourth-order valence-electron chi connectivity index (χ4n) is 1.86. The van der Waals surface area contributed by atoms with E-state index in [9.17, 15) is 0 Å². The maximum Gasteiger partial charge on any atom is 0.0307 e. The van der Waals surface area contributed by atoms with Crippen molar-refractivity contribution in [2.45, 2.75) is 45.7 Å². The molecule has 0 saturated carbocycles. The van der Waals surface area contributed by atoms with E-state index in [1.54, 1.807) is 0 Å². The van der Waals surface area contributed by atoms with Crippen LogP contribution >= 0.6 is 0 Å². The van der Waals surface area contributed by atoms with Gasteiger partial charge in [-0.1, -0.05) is 36.8 Å². The molecule has 0 spiro atoms. The summed E-state index contributed by atoms with van der Waals surface area (Å²) in [5.74, 6) is 0. The second-order valence-corrected chi connectivity index (χ2v) is 5.04. The van der Waals surface area contributed by atoms with E-state index in [1.165, 1.54) is 17.5 Å². The van der Waals surface area contributed by atoms with Crippen molar-refractivity contribution in [2.75, 3.05) is 13.6 Å². The van der Waals surface area contributed by atoms with Gasteiger partial charge in [0.2, 0.25) is 0 Å². The van der Waals surface area contributed by atoms with Crippen LogP contribution in [0.2, 0.25) is 0 Å². The molecule has 2 atom stereocenters. The van der Waals surface area contributed by atoms with Crippen LogP contribution in [-0.2, 0) is 0 Å². The summed E-state index contributed by atoms with van der Waals surface area (Å²) in [6.07, 6.45) is 2.21. The summed E-state index contributed by atoms with van der Waals surface area (Å²) < 4.78 is 0. The quantitative estimate of drug-likeness (QED) is 0.819. The molecule has 2 N–H and O–H groups in total. The Morgan fingerprint density at radius 1 is 1.24 bits per heavy atom. The molecule has 1 aromatic rings.